The van der Waals surface area contributed by atoms with Gasteiger partial charge in [0.25, 0.3) is 0 Å². The molecule has 1 aromatic heterocycles. The van der Waals surface area contributed by atoms with Gasteiger partial charge in [-0.1, -0.05) is 0 Å². The molecule has 2 heterocycles. The first-order chi connectivity index (χ1) is 10.1. The molecule has 8 nitrogen and oxygen atoms in total. The lowest BCUT2D eigenvalue weighted by atomic mass is 10.1. The fraction of sp³-hybridized carbons (Fsp3) is 0.154. The first kappa shape index (κ1) is 13.0. The molecule has 0 unspecified atom stereocenters. The molecule has 0 atom stereocenters. The molecule has 1 aliphatic rings. The van der Waals surface area contributed by atoms with Gasteiger partial charge < -0.3 is 5.11 Å². The number of aromatic carboxylic acids is 1. The second-order valence-corrected chi connectivity index (χ2v) is 4.52. The van der Waals surface area contributed by atoms with Crippen LogP contribution in [-0.2, 0) is 4.79 Å². The van der Waals surface area contributed by atoms with Gasteiger partial charge in [0, 0.05) is 29.4 Å². The monoisotopic (exact) mass is 286 g/mol. The molecule has 0 saturated carbocycles. The first-order valence-corrected chi connectivity index (χ1v) is 6.16. The van der Waals surface area contributed by atoms with Gasteiger partial charge in [0.1, 0.15) is 0 Å². The maximum Gasteiger partial charge on any atom is 0.357 e. The number of carbonyl (C=O) groups is 3. The van der Waals surface area contributed by atoms with E-state index >= 15 is 0 Å². The van der Waals surface area contributed by atoms with Crippen molar-refractivity contribution in [2.24, 2.45) is 0 Å². The van der Waals surface area contributed by atoms with E-state index in [1.165, 1.54) is 11.1 Å². The fourth-order valence-corrected chi connectivity index (χ4v) is 2.21. The van der Waals surface area contributed by atoms with Crippen LogP contribution >= 0.6 is 0 Å². The molecule has 106 valence electrons. The van der Waals surface area contributed by atoms with Gasteiger partial charge >= 0.3 is 12.0 Å². The molecule has 1 aromatic carbocycles. The summed E-state index contributed by atoms with van der Waals surface area (Å²) in [5, 5.41) is 19.5. The average molecular weight is 286 g/mol. The van der Waals surface area contributed by atoms with E-state index in [0.717, 1.165) is 0 Å². The molecular weight excluding hydrogens is 276 g/mol. The summed E-state index contributed by atoms with van der Waals surface area (Å²) in [6.45, 7) is 0.278. The Hall–Kier alpha value is -3.03. The number of fused-ring (bicyclic) bond motifs is 1. The minimum atomic E-state index is -1.16. The van der Waals surface area contributed by atoms with Crippen LogP contribution in [0, 0.1) is 0 Å². The SMILES string of the molecule is O=C1CCN(c2ccc3c(C(=O)O)nncc3c2)C(=O)N1. The number of carboxylic acid groups (broad SMARTS) is 1. The molecule has 8 heteroatoms. The van der Waals surface area contributed by atoms with Crippen LogP contribution in [0.2, 0.25) is 0 Å². The normalized spacial score (nSPS) is 15.1. The van der Waals surface area contributed by atoms with Crippen molar-refractivity contribution in [1.29, 1.82) is 0 Å². The van der Waals surface area contributed by atoms with Gasteiger partial charge in [-0.15, -0.1) is 5.10 Å². The van der Waals surface area contributed by atoms with Crippen LogP contribution in [0.25, 0.3) is 10.8 Å². The predicted molar refractivity (Wildman–Crippen MR) is 72.0 cm³/mol. The number of aromatic nitrogens is 2. The smallest absolute Gasteiger partial charge is 0.357 e. The summed E-state index contributed by atoms with van der Waals surface area (Å²) in [6.07, 6.45) is 1.65. The minimum absolute atomic E-state index is 0.141. The van der Waals surface area contributed by atoms with Gasteiger partial charge in [-0.05, 0) is 18.2 Å². The summed E-state index contributed by atoms with van der Waals surface area (Å²) in [5.41, 5.74) is 0.425. The molecule has 2 N–H and O–H groups in total. The summed E-state index contributed by atoms with van der Waals surface area (Å²) < 4.78 is 0. The van der Waals surface area contributed by atoms with Crippen LogP contribution in [0.3, 0.4) is 0 Å². The molecular formula is C13H10N4O4. The van der Waals surface area contributed by atoms with Gasteiger partial charge in [-0.25, -0.2) is 9.59 Å². The molecule has 3 rings (SSSR count). The molecule has 0 spiro atoms. The quantitative estimate of drug-likeness (QED) is 0.843. The maximum atomic E-state index is 11.8. The van der Waals surface area contributed by atoms with Crippen molar-refractivity contribution in [2.75, 3.05) is 11.4 Å². The van der Waals surface area contributed by atoms with Gasteiger partial charge in [-0.2, -0.15) is 5.10 Å². The number of hydrogen-bond acceptors (Lipinski definition) is 5. The Labute approximate surface area is 118 Å². The highest BCUT2D eigenvalue weighted by molar-refractivity contribution is 6.07. The Bertz CT molecular complexity index is 774. The van der Waals surface area contributed by atoms with E-state index in [0.29, 0.717) is 16.5 Å². The van der Waals surface area contributed by atoms with Crippen molar-refractivity contribution in [3.05, 3.63) is 30.1 Å². The summed E-state index contributed by atoms with van der Waals surface area (Å²) >= 11 is 0. The Balaban J connectivity index is 2.04. The Kier molecular flexibility index (Phi) is 2.98. The molecule has 1 aliphatic heterocycles. The number of rotatable bonds is 2. The molecule has 0 bridgehead atoms. The van der Waals surface area contributed by atoms with E-state index in [4.69, 9.17) is 5.11 Å². The van der Waals surface area contributed by atoms with Crippen molar-refractivity contribution < 1.29 is 19.5 Å². The minimum Gasteiger partial charge on any atom is -0.476 e. The third-order valence-electron chi connectivity index (χ3n) is 3.21. The summed E-state index contributed by atoms with van der Waals surface area (Å²) in [5.74, 6) is -1.47. The number of urea groups is 1. The number of nitrogens with one attached hydrogen (secondary N) is 1. The van der Waals surface area contributed by atoms with E-state index < -0.39 is 12.0 Å². The number of carbonyl (C=O) groups excluding carboxylic acids is 2. The van der Waals surface area contributed by atoms with Crippen LogP contribution < -0.4 is 10.2 Å². The van der Waals surface area contributed by atoms with E-state index in [2.05, 4.69) is 15.5 Å². The number of anilines is 1. The Morgan fingerprint density at radius 3 is 2.86 bits per heavy atom. The van der Waals surface area contributed by atoms with Gasteiger partial charge in [0.05, 0.1) is 6.20 Å². The summed E-state index contributed by atoms with van der Waals surface area (Å²) in [7, 11) is 0. The van der Waals surface area contributed by atoms with Crippen molar-refractivity contribution in [3.8, 4) is 0 Å². The van der Waals surface area contributed by atoms with Crippen LogP contribution in [-0.4, -0.2) is 39.8 Å². The maximum absolute atomic E-state index is 11.8. The van der Waals surface area contributed by atoms with Crippen LogP contribution in [0.15, 0.2) is 24.4 Å². The second-order valence-electron chi connectivity index (χ2n) is 4.52. The average Bonchev–Trinajstić information content (AvgIpc) is 2.46. The van der Waals surface area contributed by atoms with Crippen molar-refractivity contribution in [2.45, 2.75) is 6.42 Å². The number of imide groups is 1. The molecule has 2 aromatic rings. The van der Waals surface area contributed by atoms with Gasteiger partial charge in [0.15, 0.2) is 5.69 Å². The summed E-state index contributed by atoms with van der Waals surface area (Å²) in [4.78, 5) is 35.4. The summed E-state index contributed by atoms with van der Waals surface area (Å²) in [6, 6.07) is 4.34. The van der Waals surface area contributed by atoms with E-state index in [-0.39, 0.29) is 24.6 Å². The third-order valence-corrected chi connectivity index (χ3v) is 3.21. The first-order valence-electron chi connectivity index (χ1n) is 6.16. The molecule has 3 amide bonds. The van der Waals surface area contributed by atoms with Crippen molar-refractivity contribution in [3.63, 3.8) is 0 Å². The molecule has 0 aliphatic carbocycles. The topological polar surface area (TPSA) is 112 Å². The van der Waals surface area contributed by atoms with Gasteiger partial charge in [0.2, 0.25) is 5.91 Å². The molecule has 21 heavy (non-hydrogen) atoms. The lowest BCUT2D eigenvalue weighted by molar-refractivity contribution is -0.120. The number of nitrogens with zero attached hydrogens (tertiary/aromatic N) is 3. The van der Waals surface area contributed by atoms with Crippen molar-refractivity contribution >= 4 is 34.4 Å². The zero-order valence-electron chi connectivity index (χ0n) is 10.7. The number of hydrogen-bond donors (Lipinski definition) is 2. The highest BCUT2D eigenvalue weighted by Gasteiger charge is 2.24. The fourth-order valence-electron chi connectivity index (χ4n) is 2.21. The number of benzene rings is 1. The Morgan fingerprint density at radius 2 is 2.14 bits per heavy atom. The molecule has 0 radical (unpaired) electrons. The largest absolute Gasteiger partial charge is 0.476 e. The van der Waals surface area contributed by atoms with Crippen LogP contribution in [0.4, 0.5) is 10.5 Å². The second kappa shape index (κ2) is 4.82. The Morgan fingerprint density at radius 1 is 1.33 bits per heavy atom. The highest BCUT2D eigenvalue weighted by Crippen LogP contribution is 2.24. The lowest BCUT2D eigenvalue weighted by Crippen LogP contribution is -2.49. The standard InChI is InChI=1S/C13H10N4O4/c18-10-3-4-17(13(21)15-10)8-1-2-9-7(5-8)6-14-16-11(9)12(19)20/h1-2,5-6H,3-4H2,(H,19,20)(H,15,18,21). The third kappa shape index (κ3) is 2.27. The van der Waals surface area contributed by atoms with Gasteiger partial charge in [-0.3, -0.25) is 15.0 Å². The lowest BCUT2D eigenvalue weighted by Gasteiger charge is -2.26. The number of amides is 3. The van der Waals surface area contributed by atoms with E-state index in [9.17, 15) is 14.4 Å². The molecule has 1 saturated heterocycles. The number of carboxylic acids is 1. The van der Waals surface area contributed by atoms with Crippen LogP contribution in [0.1, 0.15) is 16.9 Å². The zero-order valence-corrected chi connectivity index (χ0v) is 10.7. The van der Waals surface area contributed by atoms with E-state index in [1.807, 2.05) is 0 Å². The molecule has 1 fully saturated rings. The predicted octanol–water partition coefficient (Wildman–Crippen LogP) is 0.774. The van der Waals surface area contributed by atoms with Crippen LogP contribution in [0.5, 0.6) is 0 Å². The van der Waals surface area contributed by atoms with E-state index in [1.54, 1.807) is 18.2 Å². The highest BCUT2D eigenvalue weighted by atomic mass is 16.4. The van der Waals surface area contributed by atoms with Crippen molar-refractivity contribution in [1.82, 2.24) is 15.5 Å². The zero-order chi connectivity index (χ0) is 15.0.